The summed E-state index contributed by atoms with van der Waals surface area (Å²) in [6.45, 7) is 5.10. The number of nitrogens with one attached hydrogen (secondary N) is 2. The van der Waals surface area contributed by atoms with E-state index in [4.69, 9.17) is 4.98 Å². The molecule has 3 N–H and O–H groups in total. The van der Waals surface area contributed by atoms with Crippen molar-refractivity contribution in [1.29, 1.82) is 0 Å². The van der Waals surface area contributed by atoms with Crippen LogP contribution in [0.3, 0.4) is 0 Å². The smallest absolute Gasteiger partial charge is 0.306 e. The first kappa shape index (κ1) is 22.0. The fourth-order valence-electron chi connectivity index (χ4n) is 4.43. The van der Waals surface area contributed by atoms with Crippen LogP contribution in [-0.4, -0.2) is 70.3 Å². The van der Waals surface area contributed by atoms with Crippen molar-refractivity contribution in [2.75, 3.05) is 54.4 Å². The predicted octanol–water partition coefficient (Wildman–Crippen LogP) is 2.39. The molecule has 3 aromatic heterocycles. The third-order valence-corrected chi connectivity index (χ3v) is 6.32. The average molecular weight is 461 g/mol. The van der Waals surface area contributed by atoms with Gasteiger partial charge in [0.25, 0.3) is 0 Å². The number of aromatic nitrogens is 4. The third-order valence-electron chi connectivity index (χ3n) is 6.32. The lowest BCUT2D eigenvalue weighted by Crippen LogP contribution is -2.43. The summed E-state index contributed by atoms with van der Waals surface area (Å²) in [6, 6.07) is 8.11. The summed E-state index contributed by atoms with van der Waals surface area (Å²) in [4.78, 5) is 33.8. The number of nitrogens with zero attached hydrogens (tertiary/aromatic N) is 6. The first-order valence-corrected chi connectivity index (χ1v) is 11.6. The van der Waals surface area contributed by atoms with Gasteiger partial charge in [0.15, 0.2) is 0 Å². The summed E-state index contributed by atoms with van der Waals surface area (Å²) < 4.78 is 0. The van der Waals surface area contributed by atoms with Crippen molar-refractivity contribution in [1.82, 2.24) is 25.3 Å². The Balaban J connectivity index is 1.47. The molecule has 5 rings (SSSR count). The van der Waals surface area contributed by atoms with Crippen LogP contribution in [0.1, 0.15) is 12.8 Å². The molecule has 0 bridgehead atoms. The minimum Gasteiger partial charge on any atom is -0.481 e. The van der Waals surface area contributed by atoms with Crippen LogP contribution in [0.15, 0.2) is 49.1 Å². The zero-order valence-corrected chi connectivity index (χ0v) is 18.9. The molecule has 2 saturated heterocycles. The van der Waals surface area contributed by atoms with Gasteiger partial charge in [-0.15, -0.1) is 0 Å². The monoisotopic (exact) mass is 460 g/mol. The fraction of sp³-hybridized carbons (Fsp3) is 0.375. The van der Waals surface area contributed by atoms with Crippen LogP contribution in [0.25, 0.3) is 11.3 Å². The molecular formula is C24H28N8O2. The molecule has 3 aromatic rings. The largest absolute Gasteiger partial charge is 0.481 e. The number of piperazine rings is 1. The van der Waals surface area contributed by atoms with Gasteiger partial charge in [-0.1, -0.05) is 0 Å². The van der Waals surface area contributed by atoms with Gasteiger partial charge >= 0.3 is 5.97 Å². The first-order valence-electron chi connectivity index (χ1n) is 11.6. The van der Waals surface area contributed by atoms with E-state index >= 15 is 0 Å². The number of hydrogen-bond acceptors (Lipinski definition) is 9. The molecule has 0 radical (unpaired) electrons. The molecule has 0 spiro atoms. The number of pyridine rings is 2. The van der Waals surface area contributed by atoms with E-state index in [2.05, 4.69) is 47.5 Å². The Bertz CT molecular complexity index is 1130. The molecule has 2 fully saturated rings. The molecule has 0 aromatic carbocycles. The highest BCUT2D eigenvalue weighted by molar-refractivity contribution is 5.73. The highest BCUT2D eigenvalue weighted by Gasteiger charge is 2.25. The van der Waals surface area contributed by atoms with Crippen molar-refractivity contribution < 1.29 is 9.90 Å². The molecule has 0 atom stereocenters. The van der Waals surface area contributed by atoms with Crippen LogP contribution < -0.4 is 20.4 Å². The molecule has 10 heteroatoms. The SMILES string of the molecule is O=C(O)C1CCN(c2cc(Nc3cnccn3)nc(-c3ccnc(N4CCNCC4)c3)c2)CC1. The number of anilines is 4. The summed E-state index contributed by atoms with van der Waals surface area (Å²) in [5.41, 5.74) is 2.80. The van der Waals surface area contributed by atoms with E-state index in [0.29, 0.717) is 37.6 Å². The summed E-state index contributed by atoms with van der Waals surface area (Å²) >= 11 is 0. The van der Waals surface area contributed by atoms with Crippen molar-refractivity contribution in [2.24, 2.45) is 5.92 Å². The molecule has 5 heterocycles. The van der Waals surface area contributed by atoms with Gasteiger partial charge < -0.3 is 25.5 Å². The summed E-state index contributed by atoms with van der Waals surface area (Å²) in [7, 11) is 0. The number of carbonyl (C=O) groups is 1. The van der Waals surface area contributed by atoms with Crippen molar-refractivity contribution >= 4 is 29.1 Å². The van der Waals surface area contributed by atoms with E-state index < -0.39 is 5.97 Å². The second kappa shape index (κ2) is 10.0. The molecule has 0 amide bonds. The lowest BCUT2D eigenvalue weighted by atomic mass is 9.96. The zero-order valence-electron chi connectivity index (χ0n) is 18.9. The maximum absolute atomic E-state index is 11.4. The maximum atomic E-state index is 11.4. The summed E-state index contributed by atoms with van der Waals surface area (Å²) in [6.07, 6.45) is 8.00. The third kappa shape index (κ3) is 5.07. The van der Waals surface area contributed by atoms with Crippen molar-refractivity contribution in [3.8, 4) is 11.3 Å². The van der Waals surface area contributed by atoms with Gasteiger partial charge in [-0.25, -0.2) is 15.0 Å². The van der Waals surface area contributed by atoms with Gasteiger partial charge in [0.2, 0.25) is 0 Å². The van der Waals surface area contributed by atoms with E-state index in [-0.39, 0.29) is 5.92 Å². The Kier molecular flexibility index (Phi) is 6.48. The highest BCUT2D eigenvalue weighted by atomic mass is 16.4. The van der Waals surface area contributed by atoms with Crippen LogP contribution in [0.4, 0.5) is 23.1 Å². The van der Waals surface area contributed by atoms with Gasteiger partial charge in [-0.2, -0.15) is 0 Å². The molecule has 34 heavy (non-hydrogen) atoms. The summed E-state index contributed by atoms with van der Waals surface area (Å²) in [5.74, 6) is 1.22. The van der Waals surface area contributed by atoms with E-state index in [9.17, 15) is 9.90 Å². The van der Waals surface area contributed by atoms with E-state index in [1.807, 2.05) is 18.3 Å². The Morgan fingerprint density at radius 3 is 2.53 bits per heavy atom. The second-order valence-electron chi connectivity index (χ2n) is 8.55. The normalized spacial score (nSPS) is 16.9. The number of aliphatic carboxylic acids is 1. The van der Waals surface area contributed by atoms with Gasteiger partial charge in [0.05, 0.1) is 17.8 Å². The maximum Gasteiger partial charge on any atom is 0.306 e. The Morgan fingerprint density at radius 2 is 1.79 bits per heavy atom. The number of carboxylic acids is 1. The van der Waals surface area contributed by atoms with Crippen LogP contribution in [-0.2, 0) is 4.79 Å². The number of hydrogen-bond donors (Lipinski definition) is 3. The lowest BCUT2D eigenvalue weighted by Gasteiger charge is -2.32. The molecule has 0 unspecified atom stereocenters. The van der Waals surface area contributed by atoms with Gasteiger partial charge in [0, 0.05) is 75.2 Å². The minimum atomic E-state index is -0.711. The summed E-state index contributed by atoms with van der Waals surface area (Å²) in [5, 5.41) is 16.0. The van der Waals surface area contributed by atoms with E-state index in [0.717, 1.165) is 48.9 Å². The van der Waals surface area contributed by atoms with E-state index in [1.54, 1.807) is 18.6 Å². The van der Waals surface area contributed by atoms with Gasteiger partial charge in [-0.05, 0) is 31.0 Å². The molecule has 0 saturated carbocycles. The van der Waals surface area contributed by atoms with Crippen molar-refractivity contribution in [3.63, 3.8) is 0 Å². The lowest BCUT2D eigenvalue weighted by molar-refractivity contribution is -0.142. The number of piperidine rings is 1. The van der Waals surface area contributed by atoms with Crippen LogP contribution in [0.2, 0.25) is 0 Å². The van der Waals surface area contributed by atoms with Crippen LogP contribution >= 0.6 is 0 Å². The predicted molar refractivity (Wildman–Crippen MR) is 130 cm³/mol. The Hall–Kier alpha value is -3.79. The fourth-order valence-corrected chi connectivity index (χ4v) is 4.43. The van der Waals surface area contributed by atoms with Crippen molar-refractivity contribution in [2.45, 2.75) is 12.8 Å². The standard InChI is InChI=1S/C24H28N8O2/c33-24(34)17-2-9-31(10-3-17)19-14-20(29-21(15-19)30-22-16-26-5-6-27-22)18-1-4-28-23(13-18)32-11-7-25-8-12-32/h1,4-6,13-17,25H,2-3,7-12H2,(H,33,34)(H,27,29,30). The first-order chi connectivity index (χ1) is 16.7. The topological polar surface area (TPSA) is 119 Å². The number of carboxylic acid groups (broad SMARTS) is 1. The average Bonchev–Trinajstić information content (AvgIpc) is 2.90. The second-order valence-corrected chi connectivity index (χ2v) is 8.55. The van der Waals surface area contributed by atoms with Crippen LogP contribution in [0.5, 0.6) is 0 Å². The molecule has 176 valence electrons. The molecule has 10 nitrogen and oxygen atoms in total. The zero-order chi connectivity index (χ0) is 23.3. The number of rotatable bonds is 6. The van der Waals surface area contributed by atoms with Crippen LogP contribution in [0, 0.1) is 5.92 Å². The Labute approximate surface area is 198 Å². The molecule has 2 aliphatic heterocycles. The molecular weight excluding hydrogens is 432 g/mol. The van der Waals surface area contributed by atoms with Gasteiger partial charge in [-0.3, -0.25) is 9.78 Å². The molecule has 2 aliphatic rings. The molecule has 0 aliphatic carbocycles. The van der Waals surface area contributed by atoms with E-state index in [1.165, 1.54) is 0 Å². The van der Waals surface area contributed by atoms with Gasteiger partial charge in [0.1, 0.15) is 17.5 Å². The minimum absolute atomic E-state index is 0.281. The quantitative estimate of drug-likeness (QED) is 0.506. The van der Waals surface area contributed by atoms with Crippen molar-refractivity contribution in [3.05, 3.63) is 49.1 Å². The Morgan fingerprint density at radius 1 is 0.971 bits per heavy atom. The highest BCUT2D eigenvalue weighted by Crippen LogP contribution is 2.31.